The zero-order chi connectivity index (χ0) is 9.15. The van der Waals surface area contributed by atoms with Crippen LogP contribution in [0.2, 0.25) is 0 Å². The van der Waals surface area contributed by atoms with E-state index in [1.165, 1.54) is 25.7 Å². The first-order valence-corrected chi connectivity index (χ1v) is 6.89. The first-order chi connectivity index (χ1) is 6.29. The van der Waals surface area contributed by atoms with Crippen LogP contribution in [0.4, 0.5) is 0 Å². The third-order valence-corrected chi connectivity index (χ3v) is 4.83. The molecule has 0 radical (unpaired) electrons. The molecule has 0 aromatic heterocycles. The first-order valence-electron chi connectivity index (χ1n) is 5.17. The van der Waals surface area contributed by atoms with Crippen LogP contribution in [-0.2, 0) is 13.6 Å². The molecule has 0 aromatic rings. The largest absolute Gasteiger partial charge is 0.330 e. The molecule has 1 aliphatic heterocycles. The van der Waals surface area contributed by atoms with Gasteiger partial charge in [-0.1, -0.05) is 12.8 Å². The Bertz CT molecular complexity index is 201. The summed E-state index contributed by atoms with van der Waals surface area (Å²) in [6.45, 7) is 1.26. The van der Waals surface area contributed by atoms with Gasteiger partial charge in [0, 0.05) is 0 Å². The van der Waals surface area contributed by atoms with Gasteiger partial charge in [0.1, 0.15) is 0 Å². The minimum atomic E-state index is -2.62. The molecule has 4 heteroatoms. The van der Waals surface area contributed by atoms with Gasteiger partial charge in [-0.05, 0) is 25.2 Å². The molecule has 2 rings (SSSR count). The van der Waals surface area contributed by atoms with Gasteiger partial charge < -0.3 is 9.05 Å². The van der Waals surface area contributed by atoms with Gasteiger partial charge in [0.25, 0.3) is 0 Å². The highest BCUT2D eigenvalue weighted by Crippen LogP contribution is 2.53. The average Bonchev–Trinajstić information content (AvgIpc) is 2.72. The molecule has 13 heavy (non-hydrogen) atoms. The van der Waals surface area contributed by atoms with Gasteiger partial charge in [-0.25, -0.2) is 0 Å². The molecular formula is C9H17O3P. The van der Waals surface area contributed by atoms with Gasteiger partial charge in [0.05, 0.1) is 19.4 Å². The van der Waals surface area contributed by atoms with Crippen molar-refractivity contribution >= 4 is 7.60 Å². The van der Waals surface area contributed by atoms with Crippen LogP contribution in [0.15, 0.2) is 0 Å². The van der Waals surface area contributed by atoms with E-state index in [0.717, 1.165) is 6.42 Å². The van der Waals surface area contributed by atoms with Gasteiger partial charge in [-0.2, -0.15) is 0 Å². The molecule has 76 valence electrons. The van der Waals surface area contributed by atoms with Crippen molar-refractivity contribution in [1.82, 2.24) is 0 Å². The molecule has 1 saturated heterocycles. The Morgan fingerprint density at radius 3 is 2.69 bits per heavy atom. The summed E-state index contributed by atoms with van der Waals surface area (Å²) in [5, 5.41) is 0. The van der Waals surface area contributed by atoms with Crippen LogP contribution in [0.25, 0.3) is 0 Å². The maximum absolute atomic E-state index is 11.7. The lowest BCUT2D eigenvalue weighted by Gasteiger charge is -2.14. The van der Waals surface area contributed by atoms with E-state index in [2.05, 4.69) is 0 Å². The van der Waals surface area contributed by atoms with Gasteiger partial charge in [-0.15, -0.1) is 0 Å². The normalized spacial score (nSPS) is 35.7. The number of rotatable bonds is 3. The Morgan fingerprint density at radius 2 is 2.08 bits per heavy atom. The SMILES string of the molecule is O=P1(OCC2CCCC2)CCCO1. The van der Waals surface area contributed by atoms with Crippen molar-refractivity contribution in [3.63, 3.8) is 0 Å². The highest BCUT2D eigenvalue weighted by molar-refractivity contribution is 7.54. The smallest absolute Gasteiger partial charge is 0.309 e. The van der Waals surface area contributed by atoms with E-state index >= 15 is 0 Å². The summed E-state index contributed by atoms with van der Waals surface area (Å²) in [6, 6.07) is 0. The first kappa shape index (κ1) is 9.70. The Balaban J connectivity index is 1.74. The Morgan fingerprint density at radius 1 is 1.31 bits per heavy atom. The quantitative estimate of drug-likeness (QED) is 0.663. The maximum atomic E-state index is 11.7. The van der Waals surface area contributed by atoms with E-state index < -0.39 is 7.60 Å². The highest BCUT2D eigenvalue weighted by Gasteiger charge is 2.30. The van der Waals surface area contributed by atoms with Crippen molar-refractivity contribution < 1.29 is 13.6 Å². The molecule has 0 amide bonds. The molecule has 1 heterocycles. The molecule has 2 fully saturated rings. The van der Waals surface area contributed by atoms with Crippen LogP contribution >= 0.6 is 7.60 Å². The summed E-state index contributed by atoms with van der Waals surface area (Å²) in [7, 11) is -2.62. The number of hydrogen-bond acceptors (Lipinski definition) is 3. The average molecular weight is 204 g/mol. The van der Waals surface area contributed by atoms with E-state index in [1.807, 2.05) is 0 Å². The van der Waals surface area contributed by atoms with Crippen LogP contribution in [0.1, 0.15) is 32.1 Å². The summed E-state index contributed by atoms with van der Waals surface area (Å²) in [6.07, 6.45) is 6.60. The van der Waals surface area contributed by atoms with Crippen molar-refractivity contribution in [2.45, 2.75) is 32.1 Å². The molecule has 1 aliphatic carbocycles. The van der Waals surface area contributed by atoms with Crippen LogP contribution in [0.5, 0.6) is 0 Å². The second kappa shape index (κ2) is 4.12. The summed E-state index contributed by atoms with van der Waals surface area (Å²) in [5.41, 5.74) is 0. The molecular weight excluding hydrogens is 187 g/mol. The maximum Gasteiger partial charge on any atom is 0.330 e. The topological polar surface area (TPSA) is 35.5 Å². The summed E-state index contributed by atoms with van der Waals surface area (Å²) in [5.74, 6) is 0.634. The number of hydrogen-bond donors (Lipinski definition) is 0. The van der Waals surface area contributed by atoms with Gasteiger partial charge >= 0.3 is 7.60 Å². The molecule has 2 aliphatic rings. The molecule has 0 N–H and O–H groups in total. The minimum absolute atomic E-state index is 0.613. The Kier molecular flexibility index (Phi) is 3.07. The monoisotopic (exact) mass is 204 g/mol. The van der Waals surface area contributed by atoms with Gasteiger partial charge in [0.15, 0.2) is 0 Å². The Hall–Kier alpha value is 0.150. The van der Waals surface area contributed by atoms with Gasteiger partial charge in [-0.3, -0.25) is 4.57 Å². The van der Waals surface area contributed by atoms with E-state index in [1.54, 1.807) is 0 Å². The molecule has 1 atom stereocenters. The lowest BCUT2D eigenvalue weighted by atomic mass is 10.1. The van der Waals surface area contributed by atoms with Crippen LogP contribution in [-0.4, -0.2) is 19.4 Å². The van der Waals surface area contributed by atoms with Crippen LogP contribution < -0.4 is 0 Å². The zero-order valence-electron chi connectivity index (χ0n) is 7.91. The van der Waals surface area contributed by atoms with Crippen molar-refractivity contribution in [2.24, 2.45) is 5.92 Å². The summed E-state index contributed by atoms with van der Waals surface area (Å²) < 4.78 is 22.3. The third-order valence-electron chi connectivity index (χ3n) is 2.85. The molecule has 0 spiro atoms. The van der Waals surface area contributed by atoms with Crippen molar-refractivity contribution in [3.8, 4) is 0 Å². The fourth-order valence-electron chi connectivity index (χ4n) is 2.02. The van der Waals surface area contributed by atoms with Crippen molar-refractivity contribution in [1.29, 1.82) is 0 Å². The zero-order valence-corrected chi connectivity index (χ0v) is 8.80. The second-order valence-electron chi connectivity index (χ2n) is 3.97. The lowest BCUT2D eigenvalue weighted by molar-refractivity contribution is 0.198. The predicted molar refractivity (Wildman–Crippen MR) is 51.0 cm³/mol. The predicted octanol–water partition coefficient (Wildman–Crippen LogP) is 2.81. The molecule has 1 unspecified atom stereocenters. The molecule has 3 nitrogen and oxygen atoms in total. The van der Waals surface area contributed by atoms with Crippen LogP contribution in [0, 0.1) is 5.92 Å². The van der Waals surface area contributed by atoms with Crippen LogP contribution in [0.3, 0.4) is 0 Å². The van der Waals surface area contributed by atoms with E-state index in [-0.39, 0.29) is 0 Å². The summed E-state index contributed by atoms with van der Waals surface area (Å²) >= 11 is 0. The van der Waals surface area contributed by atoms with Crippen molar-refractivity contribution in [2.75, 3.05) is 19.4 Å². The second-order valence-corrected chi connectivity index (χ2v) is 6.15. The fraction of sp³-hybridized carbons (Fsp3) is 1.00. The minimum Gasteiger partial charge on any atom is -0.309 e. The van der Waals surface area contributed by atoms with Gasteiger partial charge in [0.2, 0.25) is 0 Å². The molecule has 0 bridgehead atoms. The fourth-order valence-corrected chi connectivity index (χ4v) is 3.72. The van der Waals surface area contributed by atoms with E-state index in [4.69, 9.17) is 9.05 Å². The third kappa shape index (κ3) is 2.55. The van der Waals surface area contributed by atoms with E-state index in [0.29, 0.717) is 25.3 Å². The van der Waals surface area contributed by atoms with E-state index in [9.17, 15) is 4.57 Å². The summed E-state index contributed by atoms with van der Waals surface area (Å²) in [4.78, 5) is 0. The Labute approximate surface area is 79.3 Å². The highest BCUT2D eigenvalue weighted by atomic mass is 31.2. The molecule has 0 aromatic carbocycles. The lowest BCUT2D eigenvalue weighted by Crippen LogP contribution is -2.04. The van der Waals surface area contributed by atoms with Crippen molar-refractivity contribution in [3.05, 3.63) is 0 Å². The standard InChI is InChI=1S/C9H17O3P/c10-13(7-3-6-11-13)12-8-9-4-1-2-5-9/h9H,1-8H2. The molecule has 1 saturated carbocycles.